The Hall–Kier alpha value is -3.34. The summed E-state index contributed by atoms with van der Waals surface area (Å²) >= 11 is 0. The second-order valence-electron chi connectivity index (χ2n) is 5.12. The molecule has 0 aliphatic carbocycles. The lowest BCUT2D eigenvalue weighted by Crippen LogP contribution is -2.01. The number of benzene rings is 2. The maximum Gasteiger partial charge on any atom is 0.163 e. The lowest BCUT2D eigenvalue weighted by atomic mass is 10.1. The number of hydrogen-bond acceptors (Lipinski definition) is 5. The van der Waals surface area contributed by atoms with E-state index in [4.69, 9.17) is 5.11 Å². The number of ketones is 2. The van der Waals surface area contributed by atoms with Crippen LogP contribution in [-0.2, 0) is 9.59 Å². The maximum absolute atomic E-state index is 11.7. The predicted molar refractivity (Wildman–Crippen MR) is 90.6 cm³/mol. The Labute approximate surface area is 138 Å². The molecule has 5 heteroatoms. The van der Waals surface area contributed by atoms with Gasteiger partial charge in [-0.05, 0) is 47.5 Å². The summed E-state index contributed by atoms with van der Waals surface area (Å²) in [5.41, 5.74) is 1.27. The normalized spacial score (nSPS) is 11.2. The summed E-state index contributed by atoms with van der Waals surface area (Å²) in [4.78, 5) is 23.5. The lowest BCUT2D eigenvalue weighted by molar-refractivity contribution is -0.121. The van der Waals surface area contributed by atoms with Crippen molar-refractivity contribution in [2.45, 2.75) is 6.42 Å². The van der Waals surface area contributed by atoms with E-state index >= 15 is 0 Å². The molecule has 0 atom stereocenters. The maximum atomic E-state index is 11.7. The monoisotopic (exact) mass is 324 g/mol. The first kappa shape index (κ1) is 17.0. The van der Waals surface area contributed by atoms with E-state index < -0.39 is 0 Å². The van der Waals surface area contributed by atoms with E-state index in [1.807, 2.05) is 0 Å². The van der Waals surface area contributed by atoms with Crippen molar-refractivity contribution in [1.29, 1.82) is 0 Å². The van der Waals surface area contributed by atoms with Crippen LogP contribution in [0.1, 0.15) is 17.5 Å². The molecule has 5 nitrogen and oxygen atoms in total. The molecule has 0 amide bonds. The van der Waals surface area contributed by atoms with Crippen molar-refractivity contribution >= 4 is 23.7 Å². The summed E-state index contributed by atoms with van der Waals surface area (Å²) in [6.07, 6.45) is 5.31. The van der Waals surface area contributed by atoms with E-state index in [9.17, 15) is 19.8 Å². The molecule has 0 aromatic heterocycles. The van der Waals surface area contributed by atoms with Crippen molar-refractivity contribution < 1.29 is 24.9 Å². The van der Waals surface area contributed by atoms with Gasteiger partial charge in [0.1, 0.15) is 5.75 Å². The van der Waals surface area contributed by atoms with Crippen LogP contribution >= 0.6 is 0 Å². The van der Waals surface area contributed by atoms with Gasteiger partial charge < -0.3 is 15.3 Å². The molecule has 0 heterocycles. The largest absolute Gasteiger partial charge is 0.508 e. The number of allylic oxidation sites excluding steroid dienone is 2. The molecule has 0 unspecified atom stereocenters. The van der Waals surface area contributed by atoms with Gasteiger partial charge in [0.25, 0.3) is 0 Å². The van der Waals surface area contributed by atoms with E-state index in [0.717, 1.165) is 5.56 Å². The number of hydrogen-bond donors (Lipinski definition) is 3. The number of rotatable bonds is 6. The number of phenolic OH excluding ortho intramolecular Hbond substituents is 3. The Kier molecular flexibility index (Phi) is 5.52. The summed E-state index contributed by atoms with van der Waals surface area (Å²) in [6.45, 7) is 0. The van der Waals surface area contributed by atoms with Crippen LogP contribution in [0.2, 0.25) is 0 Å². The highest BCUT2D eigenvalue weighted by molar-refractivity contribution is 6.10. The summed E-state index contributed by atoms with van der Waals surface area (Å²) in [5.74, 6) is -1.10. The highest BCUT2D eigenvalue weighted by Gasteiger charge is 2.04. The predicted octanol–water partition coefficient (Wildman–Crippen LogP) is 3.06. The molecule has 0 bridgehead atoms. The second-order valence-corrected chi connectivity index (χ2v) is 5.12. The SMILES string of the molecule is O=C(/C=C/c1ccc(O)cc1)CC(=O)/C=C/c1ccc(O)c(O)c1. The first-order valence-corrected chi connectivity index (χ1v) is 7.17. The Morgan fingerprint density at radius 2 is 1.29 bits per heavy atom. The molecular formula is C19H16O5. The Bertz CT molecular complexity index is 801. The minimum Gasteiger partial charge on any atom is -0.508 e. The van der Waals surface area contributed by atoms with E-state index in [0.29, 0.717) is 5.56 Å². The van der Waals surface area contributed by atoms with Crippen LogP contribution < -0.4 is 0 Å². The summed E-state index contributed by atoms with van der Waals surface area (Å²) in [6, 6.07) is 10.5. The van der Waals surface area contributed by atoms with Crippen LogP contribution in [-0.4, -0.2) is 26.9 Å². The van der Waals surface area contributed by atoms with Crippen LogP contribution in [0, 0.1) is 0 Å². The molecule has 122 valence electrons. The van der Waals surface area contributed by atoms with E-state index in [2.05, 4.69) is 0 Å². The number of carbonyl (C=O) groups excluding carboxylic acids is 2. The average Bonchev–Trinajstić information content (AvgIpc) is 2.55. The fourth-order valence-electron chi connectivity index (χ4n) is 1.90. The molecule has 2 aromatic carbocycles. The molecule has 0 fully saturated rings. The highest BCUT2D eigenvalue weighted by atomic mass is 16.3. The van der Waals surface area contributed by atoms with Crippen LogP contribution in [0.15, 0.2) is 54.6 Å². The Morgan fingerprint density at radius 3 is 1.88 bits per heavy atom. The molecule has 0 radical (unpaired) electrons. The first-order chi connectivity index (χ1) is 11.4. The number of carbonyl (C=O) groups is 2. The van der Waals surface area contributed by atoms with Crippen LogP contribution in [0.25, 0.3) is 12.2 Å². The van der Waals surface area contributed by atoms with Gasteiger partial charge in [-0.3, -0.25) is 9.59 Å². The zero-order valence-electron chi connectivity index (χ0n) is 12.7. The first-order valence-electron chi connectivity index (χ1n) is 7.17. The van der Waals surface area contributed by atoms with Crippen molar-refractivity contribution in [2.75, 3.05) is 0 Å². The fourth-order valence-corrected chi connectivity index (χ4v) is 1.90. The molecule has 24 heavy (non-hydrogen) atoms. The summed E-state index contributed by atoms with van der Waals surface area (Å²) < 4.78 is 0. The Morgan fingerprint density at radius 1 is 0.750 bits per heavy atom. The minimum absolute atomic E-state index is 0.138. The van der Waals surface area contributed by atoms with Gasteiger partial charge in [-0.2, -0.15) is 0 Å². The quantitative estimate of drug-likeness (QED) is 0.431. The molecule has 0 aliphatic heterocycles. The smallest absolute Gasteiger partial charge is 0.163 e. The van der Waals surface area contributed by atoms with Gasteiger partial charge in [0.15, 0.2) is 23.1 Å². The summed E-state index contributed by atoms with van der Waals surface area (Å²) in [7, 11) is 0. The van der Waals surface area contributed by atoms with Crippen molar-refractivity contribution in [2.24, 2.45) is 0 Å². The third-order valence-corrected chi connectivity index (χ3v) is 3.16. The van der Waals surface area contributed by atoms with Gasteiger partial charge in [-0.1, -0.05) is 30.4 Å². The molecule has 3 N–H and O–H groups in total. The molecule has 0 saturated carbocycles. The molecule has 0 aliphatic rings. The van der Waals surface area contributed by atoms with Gasteiger partial charge in [-0.25, -0.2) is 0 Å². The standard InChI is InChI=1S/C19H16O5/c20-15-6-1-13(2-7-15)3-8-16(21)12-17(22)9-4-14-5-10-18(23)19(24)11-14/h1-11,20,23-24H,12H2/b8-3+,9-4+. The molecular weight excluding hydrogens is 308 g/mol. The minimum atomic E-state index is -0.372. The van der Waals surface area contributed by atoms with E-state index in [1.165, 1.54) is 48.6 Å². The highest BCUT2D eigenvalue weighted by Crippen LogP contribution is 2.25. The molecule has 2 aromatic rings. The van der Waals surface area contributed by atoms with Crippen molar-refractivity contribution in [3.63, 3.8) is 0 Å². The van der Waals surface area contributed by atoms with E-state index in [-0.39, 0.29) is 35.2 Å². The van der Waals surface area contributed by atoms with Crippen LogP contribution in [0.3, 0.4) is 0 Å². The van der Waals surface area contributed by atoms with Gasteiger partial charge in [0.2, 0.25) is 0 Å². The molecule has 0 spiro atoms. The summed E-state index contributed by atoms with van der Waals surface area (Å²) in [5, 5.41) is 27.7. The zero-order valence-corrected chi connectivity index (χ0v) is 12.7. The van der Waals surface area contributed by atoms with Crippen molar-refractivity contribution in [1.82, 2.24) is 0 Å². The van der Waals surface area contributed by atoms with E-state index in [1.54, 1.807) is 18.2 Å². The zero-order chi connectivity index (χ0) is 17.5. The topological polar surface area (TPSA) is 94.8 Å². The van der Waals surface area contributed by atoms with Gasteiger partial charge in [0, 0.05) is 0 Å². The third kappa shape index (κ3) is 5.14. The van der Waals surface area contributed by atoms with Gasteiger partial charge in [0.05, 0.1) is 6.42 Å². The van der Waals surface area contributed by atoms with Crippen molar-refractivity contribution in [3.8, 4) is 17.2 Å². The fraction of sp³-hybridized carbons (Fsp3) is 0.0526. The lowest BCUT2D eigenvalue weighted by Gasteiger charge is -1.98. The van der Waals surface area contributed by atoms with Crippen LogP contribution in [0.4, 0.5) is 0 Å². The van der Waals surface area contributed by atoms with Gasteiger partial charge >= 0.3 is 0 Å². The molecule has 2 rings (SSSR count). The third-order valence-electron chi connectivity index (χ3n) is 3.16. The average molecular weight is 324 g/mol. The van der Waals surface area contributed by atoms with Crippen molar-refractivity contribution in [3.05, 3.63) is 65.7 Å². The van der Waals surface area contributed by atoms with Crippen LogP contribution in [0.5, 0.6) is 17.2 Å². The Balaban J connectivity index is 1.91. The number of aromatic hydroxyl groups is 3. The number of phenols is 3. The van der Waals surface area contributed by atoms with Gasteiger partial charge in [-0.15, -0.1) is 0 Å². The molecule has 0 saturated heterocycles. The second kappa shape index (κ2) is 7.78.